The molecule has 2 unspecified atom stereocenters. The molecule has 1 aromatic rings. The van der Waals surface area contributed by atoms with Crippen molar-refractivity contribution < 1.29 is 15.0 Å². The Morgan fingerprint density at radius 3 is 2.20 bits per heavy atom. The number of hydrogen-bond acceptors (Lipinski definition) is 3. The van der Waals surface area contributed by atoms with Crippen molar-refractivity contribution in [3.05, 3.63) is 29.8 Å². The lowest BCUT2D eigenvalue weighted by Gasteiger charge is -2.21. The molecule has 4 nitrogen and oxygen atoms in total. The van der Waals surface area contributed by atoms with Crippen LogP contribution in [-0.4, -0.2) is 36.8 Å². The van der Waals surface area contributed by atoms with Crippen LogP contribution < -0.4 is 10.5 Å². The molecule has 0 radical (unpaired) electrons. The Labute approximate surface area is 121 Å². The molecule has 20 heavy (non-hydrogen) atoms. The van der Waals surface area contributed by atoms with Crippen molar-refractivity contribution in [3.63, 3.8) is 0 Å². The molecule has 1 aromatic carbocycles. The minimum absolute atomic E-state index is 0.133. The number of carbonyl (C=O) groups excluding carboxylic acids is 1. The van der Waals surface area contributed by atoms with E-state index in [1.54, 1.807) is 0 Å². The number of rotatable bonds is 6. The smallest absolute Gasteiger partial charge is 0.216 e. The fourth-order valence-electron chi connectivity index (χ4n) is 1.96. The van der Waals surface area contributed by atoms with E-state index in [4.69, 9.17) is 0 Å². The van der Waals surface area contributed by atoms with Crippen LogP contribution in [0.1, 0.15) is 25.0 Å². The van der Waals surface area contributed by atoms with Crippen LogP contribution in [0.25, 0.3) is 0 Å². The van der Waals surface area contributed by atoms with Gasteiger partial charge in [-0.2, -0.15) is 0 Å². The van der Waals surface area contributed by atoms with Gasteiger partial charge in [-0.05, 0) is 12.0 Å². The van der Waals surface area contributed by atoms with Gasteiger partial charge in [0.05, 0.1) is 14.2 Å². The zero-order valence-corrected chi connectivity index (χ0v) is 13.7. The molecule has 0 fully saturated rings. The Kier molecular flexibility index (Phi) is 5.92. The van der Waals surface area contributed by atoms with E-state index in [0.29, 0.717) is 18.5 Å². The number of nitrogens with one attached hydrogen (secondary N) is 1. The van der Waals surface area contributed by atoms with E-state index in [9.17, 15) is 15.0 Å². The van der Waals surface area contributed by atoms with Crippen LogP contribution in [0.5, 0.6) is 0 Å². The third kappa shape index (κ3) is 5.07. The van der Waals surface area contributed by atoms with E-state index >= 15 is 0 Å². The summed E-state index contributed by atoms with van der Waals surface area (Å²) in [6.45, 7) is 8.58. The van der Waals surface area contributed by atoms with Gasteiger partial charge in [0.25, 0.3) is 0 Å². The van der Waals surface area contributed by atoms with E-state index in [1.165, 1.54) is 12.1 Å². The zero-order chi connectivity index (χ0) is 15.3. The molecule has 5 heteroatoms. The fourth-order valence-corrected chi connectivity index (χ4v) is 3.12. The van der Waals surface area contributed by atoms with Crippen LogP contribution in [-0.2, 0) is 4.79 Å². The van der Waals surface area contributed by atoms with Crippen LogP contribution in [0.15, 0.2) is 24.3 Å². The normalized spacial score (nSPS) is 14.7. The lowest BCUT2D eigenvalue weighted by Crippen LogP contribution is -2.37. The Balaban J connectivity index is 2.62. The van der Waals surface area contributed by atoms with Crippen molar-refractivity contribution in [2.75, 3.05) is 6.54 Å². The first-order valence-electron chi connectivity index (χ1n) is 6.93. The van der Waals surface area contributed by atoms with Gasteiger partial charge in [0, 0.05) is 13.5 Å². The molecule has 0 aliphatic carbocycles. The second-order valence-corrected chi connectivity index (χ2v) is 11.2. The molecule has 1 amide bonds. The SMILES string of the molecule is CC(=O)NCCC(O)C(O)c1ccc([Si](C)(C)C)cc1. The predicted molar refractivity (Wildman–Crippen MR) is 83.7 cm³/mol. The molecule has 0 heterocycles. The molecule has 2 atom stereocenters. The quantitative estimate of drug-likeness (QED) is 0.690. The summed E-state index contributed by atoms with van der Waals surface area (Å²) < 4.78 is 0. The Morgan fingerprint density at radius 1 is 1.20 bits per heavy atom. The van der Waals surface area contributed by atoms with Crippen molar-refractivity contribution in [2.45, 2.75) is 45.2 Å². The Hall–Kier alpha value is -1.17. The van der Waals surface area contributed by atoms with Gasteiger partial charge < -0.3 is 15.5 Å². The van der Waals surface area contributed by atoms with Crippen LogP contribution >= 0.6 is 0 Å². The third-order valence-corrected chi connectivity index (χ3v) is 5.36. The number of amides is 1. The van der Waals surface area contributed by atoms with Crippen molar-refractivity contribution in [2.24, 2.45) is 0 Å². The van der Waals surface area contributed by atoms with Gasteiger partial charge in [-0.1, -0.05) is 49.1 Å². The van der Waals surface area contributed by atoms with Gasteiger partial charge in [-0.15, -0.1) is 0 Å². The van der Waals surface area contributed by atoms with E-state index < -0.39 is 20.3 Å². The molecule has 0 bridgehead atoms. The summed E-state index contributed by atoms with van der Waals surface area (Å²) in [5.74, 6) is -0.133. The summed E-state index contributed by atoms with van der Waals surface area (Å²) in [6, 6.07) is 7.82. The van der Waals surface area contributed by atoms with Crippen molar-refractivity contribution in [1.82, 2.24) is 5.32 Å². The third-order valence-electron chi connectivity index (χ3n) is 3.30. The highest BCUT2D eigenvalue weighted by Crippen LogP contribution is 2.18. The van der Waals surface area contributed by atoms with Crippen molar-refractivity contribution >= 4 is 19.2 Å². The molecular formula is C15H25NO3Si. The molecular weight excluding hydrogens is 270 g/mol. The van der Waals surface area contributed by atoms with Gasteiger partial charge in [-0.25, -0.2) is 0 Å². The largest absolute Gasteiger partial charge is 0.390 e. The summed E-state index contributed by atoms with van der Waals surface area (Å²) in [5.41, 5.74) is 0.710. The zero-order valence-electron chi connectivity index (χ0n) is 12.7. The molecule has 1 rings (SSSR count). The maximum atomic E-state index is 10.7. The first kappa shape index (κ1) is 16.9. The number of aliphatic hydroxyl groups excluding tert-OH is 2. The van der Waals surface area contributed by atoms with Crippen molar-refractivity contribution in [3.8, 4) is 0 Å². The van der Waals surface area contributed by atoms with Crippen LogP contribution in [0.4, 0.5) is 0 Å². The standard InChI is InChI=1S/C15H25NO3Si/c1-11(17)16-10-9-14(18)15(19)12-5-7-13(8-6-12)20(2,3)4/h5-8,14-15,18-19H,9-10H2,1-4H3,(H,16,17). The second-order valence-electron chi connectivity index (χ2n) is 6.16. The maximum absolute atomic E-state index is 10.7. The molecule has 0 spiro atoms. The van der Waals surface area contributed by atoms with Gasteiger partial charge in [0.1, 0.15) is 6.10 Å². The topological polar surface area (TPSA) is 69.6 Å². The molecule has 0 aliphatic heterocycles. The van der Waals surface area contributed by atoms with Crippen molar-refractivity contribution in [1.29, 1.82) is 0 Å². The van der Waals surface area contributed by atoms with Gasteiger partial charge in [0.2, 0.25) is 5.91 Å². The van der Waals surface area contributed by atoms with E-state index in [1.807, 2.05) is 24.3 Å². The van der Waals surface area contributed by atoms with Crippen LogP contribution in [0.3, 0.4) is 0 Å². The number of aliphatic hydroxyl groups is 2. The van der Waals surface area contributed by atoms with Crippen LogP contribution in [0.2, 0.25) is 19.6 Å². The lowest BCUT2D eigenvalue weighted by molar-refractivity contribution is -0.119. The Bertz CT molecular complexity index is 439. The fraction of sp³-hybridized carbons (Fsp3) is 0.533. The first-order valence-corrected chi connectivity index (χ1v) is 10.4. The average molecular weight is 295 g/mol. The summed E-state index contributed by atoms with van der Waals surface area (Å²) in [5, 5.41) is 23.9. The molecule has 112 valence electrons. The lowest BCUT2D eigenvalue weighted by atomic mass is 10.0. The monoisotopic (exact) mass is 295 g/mol. The summed E-state index contributed by atoms with van der Waals surface area (Å²) in [4.78, 5) is 10.7. The molecule has 0 saturated heterocycles. The van der Waals surface area contributed by atoms with E-state index in [2.05, 4.69) is 25.0 Å². The minimum atomic E-state index is -1.34. The number of hydrogen-bond donors (Lipinski definition) is 3. The number of benzene rings is 1. The van der Waals surface area contributed by atoms with Gasteiger partial charge in [0.15, 0.2) is 0 Å². The van der Waals surface area contributed by atoms with Gasteiger partial charge in [-0.3, -0.25) is 4.79 Å². The molecule has 0 saturated carbocycles. The van der Waals surface area contributed by atoms with E-state index in [-0.39, 0.29) is 5.91 Å². The predicted octanol–water partition coefficient (Wildman–Crippen LogP) is 1.15. The van der Waals surface area contributed by atoms with Gasteiger partial charge >= 0.3 is 0 Å². The number of carbonyl (C=O) groups is 1. The Morgan fingerprint density at radius 2 is 1.75 bits per heavy atom. The van der Waals surface area contributed by atoms with Crippen LogP contribution in [0, 0.1) is 0 Å². The highest BCUT2D eigenvalue weighted by Gasteiger charge is 2.20. The highest BCUT2D eigenvalue weighted by molar-refractivity contribution is 6.88. The first-order chi connectivity index (χ1) is 9.21. The maximum Gasteiger partial charge on any atom is 0.216 e. The molecule has 3 N–H and O–H groups in total. The average Bonchev–Trinajstić information content (AvgIpc) is 2.36. The molecule has 0 aliphatic rings. The highest BCUT2D eigenvalue weighted by atomic mass is 28.3. The summed E-state index contributed by atoms with van der Waals surface area (Å²) >= 11 is 0. The summed E-state index contributed by atoms with van der Waals surface area (Å²) in [7, 11) is -1.34. The van der Waals surface area contributed by atoms with E-state index in [0.717, 1.165) is 0 Å². The minimum Gasteiger partial charge on any atom is -0.390 e. The summed E-state index contributed by atoms with van der Waals surface area (Å²) in [6.07, 6.45) is -1.46. The molecule has 0 aromatic heterocycles. The second kappa shape index (κ2) is 7.01.